The summed E-state index contributed by atoms with van der Waals surface area (Å²) in [5.41, 5.74) is 0. The van der Waals surface area contributed by atoms with Crippen molar-refractivity contribution in [3.8, 4) is 0 Å². The Balaban J connectivity index is 3.85. The van der Waals surface area contributed by atoms with E-state index in [1.54, 1.807) is 13.0 Å². The molecule has 74 valence electrons. The van der Waals surface area contributed by atoms with Crippen LogP contribution in [-0.2, 0) is 14.3 Å². The van der Waals surface area contributed by atoms with Crippen LogP contribution in [0.3, 0.4) is 0 Å². The van der Waals surface area contributed by atoms with Crippen molar-refractivity contribution in [1.82, 2.24) is 0 Å². The van der Waals surface area contributed by atoms with Crippen LogP contribution in [0.15, 0.2) is 12.2 Å². The first-order chi connectivity index (χ1) is 6.11. The molecular formula is C8H12O5. The molecule has 0 radical (unpaired) electrons. The van der Waals surface area contributed by atoms with Gasteiger partial charge in [0.1, 0.15) is 0 Å². The van der Waals surface area contributed by atoms with Crippen LogP contribution in [-0.4, -0.2) is 34.9 Å². The summed E-state index contributed by atoms with van der Waals surface area (Å²) in [6.07, 6.45) is 1.48. The highest BCUT2D eigenvalue weighted by Crippen LogP contribution is 1.93. The summed E-state index contributed by atoms with van der Waals surface area (Å²) in [5.74, 6) is -1.88. The average molecular weight is 188 g/mol. The standard InChI is InChI=1S/C8H12O5/c1-2-3-4-7(11)13-8(12)6(10)5-9/h2-3,6,9-10H,4-5H2,1H3. The molecule has 5 heteroatoms. The minimum absolute atomic E-state index is 0.0274. The van der Waals surface area contributed by atoms with E-state index < -0.39 is 24.6 Å². The van der Waals surface area contributed by atoms with Gasteiger partial charge in [0, 0.05) is 0 Å². The number of hydrogen-bond donors (Lipinski definition) is 2. The number of rotatable bonds is 4. The maximum Gasteiger partial charge on any atom is 0.345 e. The molecule has 0 rings (SSSR count). The van der Waals surface area contributed by atoms with Gasteiger partial charge in [0.25, 0.3) is 0 Å². The maximum atomic E-state index is 10.7. The molecule has 0 amide bonds. The molecule has 0 bridgehead atoms. The van der Waals surface area contributed by atoms with Gasteiger partial charge in [-0.05, 0) is 6.92 Å². The van der Waals surface area contributed by atoms with Crippen molar-refractivity contribution in [2.45, 2.75) is 19.4 Å². The van der Waals surface area contributed by atoms with Crippen LogP contribution in [0.5, 0.6) is 0 Å². The molecular weight excluding hydrogens is 176 g/mol. The topological polar surface area (TPSA) is 83.8 Å². The lowest BCUT2D eigenvalue weighted by molar-refractivity contribution is -0.166. The molecule has 0 saturated carbocycles. The highest BCUT2D eigenvalue weighted by molar-refractivity contribution is 5.88. The molecule has 13 heavy (non-hydrogen) atoms. The predicted molar refractivity (Wildman–Crippen MR) is 43.6 cm³/mol. The van der Waals surface area contributed by atoms with E-state index in [0.717, 1.165) is 0 Å². The summed E-state index contributed by atoms with van der Waals surface area (Å²) in [4.78, 5) is 21.4. The number of allylic oxidation sites excluding steroid dienone is 1. The third-order valence-corrected chi connectivity index (χ3v) is 1.18. The zero-order valence-electron chi connectivity index (χ0n) is 7.27. The minimum atomic E-state index is -1.64. The Labute approximate surface area is 75.6 Å². The third-order valence-electron chi connectivity index (χ3n) is 1.18. The number of hydrogen-bond acceptors (Lipinski definition) is 5. The number of ether oxygens (including phenoxy) is 1. The van der Waals surface area contributed by atoms with E-state index in [2.05, 4.69) is 4.74 Å². The molecule has 0 spiro atoms. The molecule has 0 aromatic carbocycles. The first-order valence-electron chi connectivity index (χ1n) is 3.76. The second-order valence-electron chi connectivity index (χ2n) is 2.26. The fraction of sp³-hybridized carbons (Fsp3) is 0.500. The summed E-state index contributed by atoms with van der Waals surface area (Å²) in [6.45, 7) is 0.966. The van der Waals surface area contributed by atoms with Crippen molar-refractivity contribution >= 4 is 11.9 Å². The van der Waals surface area contributed by atoms with E-state index in [-0.39, 0.29) is 6.42 Å². The number of esters is 2. The number of carbonyl (C=O) groups excluding carboxylic acids is 2. The van der Waals surface area contributed by atoms with Gasteiger partial charge < -0.3 is 14.9 Å². The quantitative estimate of drug-likeness (QED) is 0.349. The molecule has 0 aromatic rings. The van der Waals surface area contributed by atoms with Crippen LogP contribution in [0, 0.1) is 0 Å². The van der Waals surface area contributed by atoms with Crippen LogP contribution >= 0.6 is 0 Å². The molecule has 0 aliphatic heterocycles. The predicted octanol–water partition coefficient (Wildman–Crippen LogP) is -0.624. The highest BCUT2D eigenvalue weighted by atomic mass is 16.6. The molecule has 0 saturated heterocycles. The van der Waals surface area contributed by atoms with Gasteiger partial charge in [-0.3, -0.25) is 4.79 Å². The zero-order valence-corrected chi connectivity index (χ0v) is 7.27. The zero-order chi connectivity index (χ0) is 10.3. The van der Waals surface area contributed by atoms with E-state index in [0.29, 0.717) is 0 Å². The lowest BCUT2D eigenvalue weighted by Gasteiger charge is -2.04. The molecule has 2 N–H and O–H groups in total. The van der Waals surface area contributed by atoms with Gasteiger partial charge in [0.05, 0.1) is 13.0 Å². The largest absolute Gasteiger partial charge is 0.393 e. The molecule has 1 atom stereocenters. The van der Waals surface area contributed by atoms with Crippen LogP contribution < -0.4 is 0 Å². The van der Waals surface area contributed by atoms with Crippen molar-refractivity contribution in [3.05, 3.63) is 12.2 Å². The van der Waals surface area contributed by atoms with Crippen molar-refractivity contribution in [2.75, 3.05) is 6.61 Å². The number of aliphatic hydroxyl groups is 2. The first kappa shape index (κ1) is 11.8. The minimum Gasteiger partial charge on any atom is -0.393 e. The maximum absolute atomic E-state index is 10.7. The second kappa shape index (κ2) is 6.33. The normalized spacial score (nSPS) is 12.8. The lowest BCUT2D eigenvalue weighted by Crippen LogP contribution is -2.28. The Bertz CT molecular complexity index is 209. The van der Waals surface area contributed by atoms with Crippen LogP contribution in [0.1, 0.15) is 13.3 Å². The SMILES string of the molecule is CC=CCC(=O)OC(=O)C(O)CO. The van der Waals surface area contributed by atoms with E-state index in [1.165, 1.54) is 6.08 Å². The van der Waals surface area contributed by atoms with Crippen molar-refractivity contribution in [3.63, 3.8) is 0 Å². The summed E-state index contributed by atoms with van der Waals surface area (Å²) in [7, 11) is 0. The Morgan fingerprint density at radius 3 is 2.62 bits per heavy atom. The van der Waals surface area contributed by atoms with Crippen LogP contribution in [0.4, 0.5) is 0 Å². The number of aliphatic hydroxyl groups excluding tert-OH is 2. The van der Waals surface area contributed by atoms with Gasteiger partial charge in [-0.15, -0.1) is 0 Å². The van der Waals surface area contributed by atoms with E-state index in [1.807, 2.05) is 0 Å². The summed E-state index contributed by atoms with van der Waals surface area (Å²) >= 11 is 0. The molecule has 5 nitrogen and oxygen atoms in total. The second-order valence-corrected chi connectivity index (χ2v) is 2.26. The fourth-order valence-corrected chi connectivity index (χ4v) is 0.510. The first-order valence-corrected chi connectivity index (χ1v) is 3.76. The van der Waals surface area contributed by atoms with E-state index in [4.69, 9.17) is 10.2 Å². The third kappa shape index (κ3) is 5.10. The average Bonchev–Trinajstić information content (AvgIpc) is 2.13. The van der Waals surface area contributed by atoms with Crippen LogP contribution in [0.2, 0.25) is 0 Å². The Morgan fingerprint density at radius 2 is 2.15 bits per heavy atom. The van der Waals surface area contributed by atoms with Gasteiger partial charge in [-0.25, -0.2) is 4.79 Å². The van der Waals surface area contributed by atoms with Crippen molar-refractivity contribution in [2.24, 2.45) is 0 Å². The Kier molecular flexibility index (Phi) is 5.75. The Hall–Kier alpha value is -1.20. The molecule has 0 fully saturated rings. The van der Waals surface area contributed by atoms with Crippen molar-refractivity contribution in [1.29, 1.82) is 0 Å². The molecule has 1 unspecified atom stereocenters. The molecule has 0 aliphatic rings. The van der Waals surface area contributed by atoms with Gasteiger partial charge >= 0.3 is 11.9 Å². The van der Waals surface area contributed by atoms with E-state index in [9.17, 15) is 9.59 Å². The van der Waals surface area contributed by atoms with Gasteiger partial charge in [-0.2, -0.15) is 0 Å². The van der Waals surface area contributed by atoms with E-state index >= 15 is 0 Å². The van der Waals surface area contributed by atoms with Gasteiger partial charge in [0.2, 0.25) is 0 Å². The Morgan fingerprint density at radius 1 is 1.54 bits per heavy atom. The van der Waals surface area contributed by atoms with Crippen molar-refractivity contribution < 1.29 is 24.5 Å². The molecule has 0 aromatic heterocycles. The fourth-order valence-electron chi connectivity index (χ4n) is 0.510. The van der Waals surface area contributed by atoms with Gasteiger partial charge in [0.15, 0.2) is 6.10 Å². The smallest absolute Gasteiger partial charge is 0.345 e. The summed E-state index contributed by atoms with van der Waals surface area (Å²) in [6, 6.07) is 0. The number of carbonyl (C=O) groups is 2. The monoisotopic (exact) mass is 188 g/mol. The van der Waals surface area contributed by atoms with Crippen LogP contribution in [0.25, 0.3) is 0 Å². The highest BCUT2D eigenvalue weighted by Gasteiger charge is 2.18. The summed E-state index contributed by atoms with van der Waals surface area (Å²) in [5, 5.41) is 17.0. The molecule has 0 aliphatic carbocycles. The lowest BCUT2D eigenvalue weighted by atomic mass is 10.3. The molecule has 0 heterocycles. The van der Waals surface area contributed by atoms with Gasteiger partial charge in [-0.1, -0.05) is 12.2 Å². The summed E-state index contributed by atoms with van der Waals surface area (Å²) < 4.78 is 4.17.